The second kappa shape index (κ2) is 6.61. The molecule has 1 aromatic rings. The van der Waals surface area contributed by atoms with Crippen molar-refractivity contribution in [2.75, 3.05) is 5.75 Å². The van der Waals surface area contributed by atoms with Crippen LogP contribution in [0.25, 0.3) is 0 Å². The van der Waals surface area contributed by atoms with E-state index in [4.69, 9.17) is 22.1 Å². The number of primary amides is 1. The van der Waals surface area contributed by atoms with Crippen molar-refractivity contribution in [1.29, 1.82) is 0 Å². The molecule has 0 saturated heterocycles. The normalized spacial score (nSPS) is 10.4. The molecule has 0 atom stereocenters. The van der Waals surface area contributed by atoms with E-state index in [-0.39, 0.29) is 28.4 Å². The summed E-state index contributed by atoms with van der Waals surface area (Å²) in [7, 11) is 0. The fraction of sp³-hybridized carbons (Fsp3) is 0.364. The zero-order valence-electron chi connectivity index (χ0n) is 9.97. The summed E-state index contributed by atoms with van der Waals surface area (Å²) in [5.74, 6) is -0.826. The molecule has 0 saturated carbocycles. The van der Waals surface area contributed by atoms with Gasteiger partial charge in [-0.05, 0) is 19.9 Å². The largest absolute Gasteiger partial charge is 0.462 e. The standard InChI is InChI=1S/C11H13ClN2O3S/c1-6(2)17-9(15)5-18-11-8(12)3-7(4-14-11)10(13)16/h3-4,6H,5H2,1-2H3,(H2,13,16). The minimum atomic E-state index is -0.597. The molecule has 98 valence electrons. The van der Waals surface area contributed by atoms with Gasteiger partial charge >= 0.3 is 5.97 Å². The summed E-state index contributed by atoms with van der Waals surface area (Å²) in [4.78, 5) is 26.2. The number of carbonyl (C=O) groups is 2. The summed E-state index contributed by atoms with van der Waals surface area (Å²) >= 11 is 7.07. The van der Waals surface area contributed by atoms with E-state index in [1.165, 1.54) is 12.3 Å². The van der Waals surface area contributed by atoms with Gasteiger partial charge in [0.25, 0.3) is 0 Å². The van der Waals surface area contributed by atoms with Crippen molar-refractivity contribution in [3.8, 4) is 0 Å². The maximum Gasteiger partial charge on any atom is 0.316 e. The smallest absolute Gasteiger partial charge is 0.316 e. The van der Waals surface area contributed by atoms with E-state index in [1.807, 2.05) is 0 Å². The lowest BCUT2D eigenvalue weighted by atomic mass is 10.3. The number of pyridine rings is 1. The molecular formula is C11H13ClN2O3S. The number of nitrogens with two attached hydrogens (primary N) is 1. The third kappa shape index (κ3) is 4.54. The first-order valence-corrected chi connectivity index (χ1v) is 6.54. The molecule has 0 radical (unpaired) electrons. The van der Waals surface area contributed by atoms with Crippen LogP contribution in [0.2, 0.25) is 5.02 Å². The molecule has 18 heavy (non-hydrogen) atoms. The van der Waals surface area contributed by atoms with Crippen LogP contribution in [-0.4, -0.2) is 28.7 Å². The van der Waals surface area contributed by atoms with Crippen molar-refractivity contribution in [2.45, 2.75) is 25.0 Å². The number of amides is 1. The molecule has 1 heterocycles. The van der Waals surface area contributed by atoms with Crippen LogP contribution < -0.4 is 5.73 Å². The Labute approximate surface area is 114 Å². The van der Waals surface area contributed by atoms with Crippen LogP contribution in [0.1, 0.15) is 24.2 Å². The van der Waals surface area contributed by atoms with Gasteiger partial charge in [-0.1, -0.05) is 23.4 Å². The van der Waals surface area contributed by atoms with Crippen LogP contribution in [-0.2, 0) is 9.53 Å². The molecule has 0 unspecified atom stereocenters. The molecule has 5 nitrogen and oxygen atoms in total. The predicted molar refractivity (Wildman–Crippen MR) is 69.7 cm³/mol. The first-order chi connectivity index (χ1) is 8.40. The van der Waals surface area contributed by atoms with Gasteiger partial charge in [0.15, 0.2) is 0 Å². The zero-order valence-corrected chi connectivity index (χ0v) is 11.5. The highest BCUT2D eigenvalue weighted by Crippen LogP contribution is 2.25. The van der Waals surface area contributed by atoms with E-state index in [1.54, 1.807) is 13.8 Å². The van der Waals surface area contributed by atoms with Crippen LogP contribution >= 0.6 is 23.4 Å². The molecule has 0 aromatic carbocycles. The Bertz CT molecular complexity index is 466. The number of aromatic nitrogens is 1. The molecule has 0 aliphatic heterocycles. The van der Waals surface area contributed by atoms with Crippen molar-refractivity contribution in [2.24, 2.45) is 5.73 Å². The number of ether oxygens (including phenoxy) is 1. The Morgan fingerprint density at radius 3 is 2.72 bits per heavy atom. The number of hydrogen-bond donors (Lipinski definition) is 1. The summed E-state index contributed by atoms with van der Waals surface area (Å²) in [5.41, 5.74) is 5.32. The molecule has 0 fully saturated rings. The quantitative estimate of drug-likeness (QED) is 0.661. The van der Waals surface area contributed by atoms with Crippen molar-refractivity contribution in [1.82, 2.24) is 4.98 Å². The monoisotopic (exact) mass is 288 g/mol. The van der Waals surface area contributed by atoms with Crippen molar-refractivity contribution in [3.05, 3.63) is 22.8 Å². The number of hydrogen-bond acceptors (Lipinski definition) is 5. The van der Waals surface area contributed by atoms with Crippen LogP contribution in [0.15, 0.2) is 17.3 Å². The number of rotatable bonds is 5. The molecule has 0 spiro atoms. The minimum absolute atomic E-state index is 0.112. The highest BCUT2D eigenvalue weighted by Gasteiger charge is 2.11. The van der Waals surface area contributed by atoms with Gasteiger partial charge in [-0.2, -0.15) is 0 Å². The van der Waals surface area contributed by atoms with Crippen LogP contribution in [0, 0.1) is 0 Å². The van der Waals surface area contributed by atoms with Gasteiger partial charge in [-0.3, -0.25) is 9.59 Å². The second-order valence-electron chi connectivity index (χ2n) is 3.70. The van der Waals surface area contributed by atoms with Gasteiger partial charge in [0.2, 0.25) is 5.91 Å². The Kier molecular flexibility index (Phi) is 5.43. The first kappa shape index (κ1) is 14.8. The van der Waals surface area contributed by atoms with Crippen molar-refractivity contribution < 1.29 is 14.3 Å². The highest BCUT2D eigenvalue weighted by atomic mass is 35.5. The average molecular weight is 289 g/mol. The lowest BCUT2D eigenvalue weighted by Gasteiger charge is -2.08. The average Bonchev–Trinajstić information content (AvgIpc) is 2.26. The molecule has 2 N–H and O–H groups in total. The molecule has 1 rings (SSSR count). The molecule has 0 bridgehead atoms. The molecular weight excluding hydrogens is 276 g/mol. The summed E-state index contributed by atoms with van der Waals surface area (Å²) in [6, 6.07) is 1.42. The molecule has 0 aliphatic carbocycles. The Balaban J connectivity index is 2.63. The first-order valence-electron chi connectivity index (χ1n) is 5.17. The summed E-state index contributed by atoms with van der Waals surface area (Å²) in [5, 5.41) is 0.746. The van der Waals surface area contributed by atoms with E-state index in [2.05, 4.69) is 4.98 Å². The van der Waals surface area contributed by atoms with Gasteiger partial charge in [0.05, 0.1) is 22.4 Å². The van der Waals surface area contributed by atoms with Gasteiger partial charge < -0.3 is 10.5 Å². The van der Waals surface area contributed by atoms with Crippen LogP contribution in [0.4, 0.5) is 0 Å². The van der Waals surface area contributed by atoms with Gasteiger partial charge in [-0.25, -0.2) is 4.98 Å². The minimum Gasteiger partial charge on any atom is -0.462 e. The van der Waals surface area contributed by atoms with Crippen molar-refractivity contribution in [3.63, 3.8) is 0 Å². The number of carbonyl (C=O) groups excluding carboxylic acids is 2. The maximum absolute atomic E-state index is 11.3. The summed E-state index contributed by atoms with van der Waals surface area (Å²) < 4.78 is 4.97. The van der Waals surface area contributed by atoms with Crippen LogP contribution in [0.3, 0.4) is 0 Å². The fourth-order valence-corrected chi connectivity index (χ4v) is 2.07. The zero-order chi connectivity index (χ0) is 13.7. The molecule has 1 aromatic heterocycles. The van der Waals surface area contributed by atoms with Crippen LogP contribution in [0.5, 0.6) is 0 Å². The Morgan fingerprint density at radius 1 is 1.56 bits per heavy atom. The van der Waals surface area contributed by atoms with E-state index < -0.39 is 5.91 Å². The number of nitrogens with zero attached hydrogens (tertiary/aromatic N) is 1. The second-order valence-corrected chi connectivity index (χ2v) is 5.07. The molecule has 7 heteroatoms. The predicted octanol–water partition coefficient (Wildman–Crippen LogP) is 1.88. The van der Waals surface area contributed by atoms with Gasteiger partial charge in [0.1, 0.15) is 5.03 Å². The topological polar surface area (TPSA) is 82.3 Å². The Morgan fingerprint density at radius 2 is 2.22 bits per heavy atom. The molecule has 0 aliphatic rings. The highest BCUT2D eigenvalue weighted by molar-refractivity contribution is 8.00. The maximum atomic E-state index is 11.3. The summed E-state index contributed by atoms with van der Waals surface area (Å²) in [6.45, 7) is 3.55. The third-order valence-electron chi connectivity index (χ3n) is 1.79. The number of halogens is 1. The lowest BCUT2D eigenvalue weighted by Crippen LogP contribution is -2.13. The van der Waals surface area contributed by atoms with E-state index in [0.29, 0.717) is 5.03 Å². The number of thioether (sulfide) groups is 1. The SMILES string of the molecule is CC(C)OC(=O)CSc1ncc(C(N)=O)cc1Cl. The van der Waals surface area contributed by atoms with E-state index >= 15 is 0 Å². The van der Waals surface area contributed by atoms with Gasteiger partial charge in [-0.15, -0.1) is 0 Å². The van der Waals surface area contributed by atoms with E-state index in [9.17, 15) is 9.59 Å². The van der Waals surface area contributed by atoms with Crippen molar-refractivity contribution >= 4 is 35.2 Å². The number of esters is 1. The Hall–Kier alpha value is -1.27. The molecule has 1 amide bonds. The fourth-order valence-electron chi connectivity index (χ4n) is 1.09. The van der Waals surface area contributed by atoms with Gasteiger partial charge in [0, 0.05) is 6.20 Å². The van der Waals surface area contributed by atoms with E-state index in [0.717, 1.165) is 11.8 Å². The lowest BCUT2D eigenvalue weighted by molar-refractivity contribution is -0.144. The third-order valence-corrected chi connectivity index (χ3v) is 3.16. The summed E-state index contributed by atoms with van der Waals surface area (Å²) in [6.07, 6.45) is 1.17.